The monoisotopic (exact) mass is 331 g/mol. The van der Waals surface area contributed by atoms with E-state index in [9.17, 15) is 0 Å². The highest BCUT2D eigenvalue weighted by atomic mass is 32.2. The van der Waals surface area contributed by atoms with Gasteiger partial charge in [0.05, 0.1) is 11.9 Å². The van der Waals surface area contributed by atoms with Crippen molar-refractivity contribution in [1.82, 2.24) is 15.5 Å². The number of aromatic nitrogens is 2. The molecule has 120 valence electrons. The van der Waals surface area contributed by atoms with E-state index in [1.54, 1.807) is 7.11 Å². The predicted octanol–water partition coefficient (Wildman–Crippen LogP) is 2.54. The van der Waals surface area contributed by atoms with E-state index in [0.717, 1.165) is 25.2 Å². The van der Waals surface area contributed by atoms with Crippen molar-refractivity contribution in [3.63, 3.8) is 0 Å². The molecule has 3 atom stereocenters. The molecule has 0 saturated carbocycles. The standard InChI is InChI=1S/C14H25N3O2S2/c1-4-11-13(21-7-6-20-11)14-16-12(19-17-14)8-10(9-18-3)15-5-2/h10-11,13,15H,4-9H2,1-3H3. The van der Waals surface area contributed by atoms with Gasteiger partial charge in [0.15, 0.2) is 5.82 Å². The van der Waals surface area contributed by atoms with Gasteiger partial charge in [-0.2, -0.15) is 16.7 Å². The van der Waals surface area contributed by atoms with Crippen molar-refractivity contribution in [3.05, 3.63) is 11.7 Å². The molecule has 7 heteroatoms. The van der Waals surface area contributed by atoms with Crippen LogP contribution in [-0.2, 0) is 11.2 Å². The number of likely N-dealkylation sites (N-methyl/N-ethyl adjacent to an activating group) is 1. The van der Waals surface area contributed by atoms with Gasteiger partial charge in [0.2, 0.25) is 5.89 Å². The maximum atomic E-state index is 5.45. The quantitative estimate of drug-likeness (QED) is 0.785. The van der Waals surface area contributed by atoms with Crippen LogP contribution in [0.4, 0.5) is 0 Å². The van der Waals surface area contributed by atoms with Gasteiger partial charge in [-0.05, 0) is 13.0 Å². The number of rotatable bonds is 8. The molecule has 3 unspecified atom stereocenters. The summed E-state index contributed by atoms with van der Waals surface area (Å²) in [7, 11) is 1.71. The van der Waals surface area contributed by atoms with Crippen molar-refractivity contribution in [2.75, 3.05) is 31.8 Å². The van der Waals surface area contributed by atoms with E-state index in [1.807, 2.05) is 23.5 Å². The smallest absolute Gasteiger partial charge is 0.228 e. The Morgan fingerprint density at radius 1 is 1.38 bits per heavy atom. The second-order valence-corrected chi connectivity index (χ2v) is 7.67. The van der Waals surface area contributed by atoms with Crippen molar-refractivity contribution < 1.29 is 9.26 Å². The lowest BCUT2D eigenvalue weighted by atomic mass is 10.2. The van der Waals surface area contributed by atoms with E-state index < -0.39 is 0 Å². The summed E-state index contributed by atoms with van der Waals surface area (Å²) in [6, 6.07) is 0.226. The van der Waals surface area contributed by atoms with Crippen LogP contribution >= 0.6 is 23.5 Å². The van der Waals surface area contributed by atoms with Crippen molar-refractivity contribution >= 4 is 23.5 Å². The van der Waals surface area contributed by atoms with Crippen LogP contribution in [0, 0.1) is 0 Å². The molecule has 1 fully saturated rings. The molecule has 0 amide bonds. The number of thioether (sulfide) groups is 2. The zero-order valence-corrected chi connectivity index (χ0v) is 14.6. The van der Waals surface area contributed by atoms with Crippen LogP contribution < -0.4 is 5.32 Å². The first-order chi connectivity index (χ1) is 10.3. The lowest BCUT2D eigenvalue weighted by molar-refractivity contribution is 0.162. The summed E-state index contributed by atoms with van der Waals surface area (Å²) in [4.78, 5) is 4.63. The Balaban J connectivity index is 1.99. The van der Waals surface area contributed by atoms with Crippen LogP contribution in [0.25, 0.3) is 0 Å². The van der Waals surface area contributed by atoms with Crippen LogP contribution in [-0.4, -0.2) is 53.2 Å². The fraction of sp³-hybridized carbons (Fsp3) is 0.857. The fourth-order valence-corrected chi connectivity index (χ4v) is 5.48. The normalized spacial score (nSPS) is 24.1. The van der Waals surface area contributed by atoms with Gasteiger partial charge in [-0.3, -0.25) is 0 Å². The van der Waals surface area contributed by atoms with Gasteiger partial charge >= 0.3 is 0 Å². The van der Waals surface area contributed by atoms with Crippen molar-refractivity contribution in [2.24, 2.45) is 0 Å². The highest BCUT2D eigenvalue weighted by Crippen LogP contribution is 2.42. The molecule has 1 saturated heterocycles. The molecule has 1 aromatic rings. The zero-order chi connectivity index (χ0) is 15.1. The minimum Gasteiger partial charge on any atom is -0.383 e. The van der Waals surface area contributed by atoms with E-state index >= 15 is 0 Å². The average molecular weight is 332 g/mol. The van der Waals surface area contributed by atoms with E-state index in [1.165, 1.54) is 11.5 Å². The lowest BCUT2D eigenvalue weighted by Gasteiger charge is -2.27. The molecule has 1 N–H and O–H groups in total. The molecule has 0 spiro atoms. The molecule has 1 aromatic heterocycles. The highest BCUT2D eigenvalue weighted by Gasteiger charge is 2.30. The third kappa shape index (κ3) is 4.87. The maximum Gasteiger partial charge on any atom is 0.228 e. The van der Waals surface area contributed by atoms with Crippen molar-refractivity contribution in [1.29, 1.82) is 0 Å². The first-order valence-corrected chi connectivity index (χ1v) is 9.66. The minimum atomic E-state index is 0.226. The zero-order valence-electron chi connectivity index (χ0n) is 13.0. The molecule has 2 rings (SSSR count). The van der Waals surface area contributed by atoms with Gasteiger partial charge in [-0.25, -0.2) is 0 Å². The Hall–Kier alpha value is -0.240. The summed E-state index contributed by atoms with van der Waals surface area (Å²) in [6.45, 7) is 5.88. The number of methoxy groups -OCH3 is 1. The van der Waals surface area contributed by atoms with Crippen LogP contribution in [0.1, 0.15) is 37.2 Å². The Kier molecular flexibility index (Phi) is 7.36. The van der Waals surface area contributed by atoms with Crippen LogP contribution in [0.5, 0.6) is 0 Å². The first-order valence-electron chi connectivity index (χ1n) is 7.56. The SMILES string of the molecule is CCNC(COC)Cc1nc(C2SCCSC2CC)no1. The fourth-order valence-electron chi connectivity index (χ4n) is 2.50. The van der Waals surface area contributed by atoms with Gasteiger partial charge in [0, 0.05) is 36.3 Å². The lowest BCUT2D eigenvalue weighted by Crippen LogP contribution is -2.35. The number of hydrogen-bond acceptors (Lipinski definition) is 7. The largest absolute Gasteiger partial charge is 0.383 e. The molecule has 5 nitrogen and oxygen atoms in total. The predicted molar refractivity (Wildman–Crippen MR) is 89.1 cm³/mol. The Labute approximate surface area is 135 Å². The Morgan fingerprint density at radius 3 is 2.90 bits per heavy atom. The van der Waals surface area contributed by atoms with Crippen LogP contribution in [0.15, 0.2) is 4.52 Å². The molecular formula is C14H25N3O2S2. The van der Waals surface area contributed by atoms with Gasteiger partial charge in [-0.1, -0.05) is 19.0 Å². The first kappa shape index (κ1) is 17.1. The van der Waals surface area contributed by atoms with E-state index in [0.29, 0.717) is 23.0 Å². The Bertz CT molecular complexity index is 411. The van der Waals surface area contributed by atoms with Gasteiger partial charge in [-0.15, -0.1) is 11.8 Å². The number of ether oxygens (including phenoxy) is 1. The van der Waals surface area contributed by atoms with Gasteiger partial charge in [0.1, 0.15) is 0 Å². The summed E-state index contributed by atoms with van der Waals surface area (Å²) in [5, 5.41) is 8.56. The summed E-state index contributed by atoms with van der Waals surface area (Å²) >= 11 is 3.99. The molecule has 0 aromatic carbocycles. The average Bonchev–Trinajstić information content (AvgIpc) is 2.96. The number of hydrogen-bond donors (Lipinski definition) is 1. The molecule has 21 heavy (non-hydrogen) atoms. The molecule has 0 bridgehead atoms. The van der Waals surface area contributed by atoms with Crippen LogP contribution in [0.2, 0.25) is 0 Å². The second-order valence-electron chi connectivity index (χ2n) is 5.07. The third-order valence-corrected chi connectivity index (χ3v) is 6.72. The summed E-state index contributed by atoms with van der Waals surface area (Å²) in [5.74, 6) is 3.96. The third-order valence-electron chi connectivity index (χ3n) is 3.47. The second kappa shape index (κ2) is 9.02. The van der Waals surface area contributed by atoms with Gasteiger partial charge in [0.25, 0.3) is 0 Å². The number of nitrogens with zero attached hydrogens (tertiary/aromatic N) is 2. The summed E-state index contributed by atoms with van der Waals surface area (Å²) < 4.78 is 10.7. The van der Waals surface area contributed by atoms with Crippen molar-refractivity contribution in [3.8, 4) is 0 Å². The minimum absolute atomic E-state index is 0.226. The summed E-state index contributed by atoms with van der Waals surface area (Å²) in [6.07, 6.45) is 1.87. The topological polar surface area (TPSA) is 60.2 Å². The molecule has 2 heterocycles. The molecule has 0 aliphatic carbocycles. The molecule has 1 aliphatic rings. The molecule has 1 aliphatic heterocycles. The van der Waals surface area contributed by atoms with Gasteiger partial charge < -0.3 is 14.6 Å². The summed E-state index contributed by atoms with van der Waals surface area (Å²) in [5.41, 5.74) is 0. The van der Waals surface area contributed by atoms with E-state index in [4.69, 9.17) is 9.26 Å². The maximum absolute atomic E-state index is 5.45. The van der Waals surface area contributed by atoms with E-state index in [-0.39, 0.29) is 6.04 Å². The van der Waals surface area contributed by atoms with Crippen molar-refractivity contribution in [2.45, 2.75) is 43.2 Å². The molecular weight excluding hydrogens is 306 g/mol. The number of nitrogens with one attached hydrogen (secondary N) is 1. The highest BCUT2D eigenvalue weighted by molar-refractivity contribution is 8.06. The molecule has 0 radical (unpaired) electrons. The Morgan fingerprint density at radius 2 is 2.19 bits per heavy atom. The van der Waals surface area contributed by atoms with Crippen LogP contribution in [0.3, 0.4) is 0 Å². The van der Waals surface area contributed by atoms with E-state index in [2.05, 4.69) is 29.3 Å².